The third kappa shape index (κ3) is 4.22. The van der Waals surface area contributed by atoms with E-state index >= 15 is 0 Å². The highest BCUT2D eigenvalue weighted by molar-refractivity contribution is 7.98. The molecule has 0 atom stereocenters. The van der Waals surface area contributed by atoms with Crippen LogP contribution in [0.2, 0.25) is 0 Å². The predicted molar refractivity (Wildman–Crippen MR) is 84.6 cm³/mol. The minimum absolute atomic E-state index is 0.00749. The molecule has 5 nitrogen and oxygen atoms in total. The lowest BCUT2D eigenvalue weighted by atomic mass is 10.2. The Morgan fingerprint density at radius 1 is 1.24 bits per heavy atom. The van der Waals surface area contributed by atoms with Crippen LogP contribution in [0.5, 0.6) is 0 Å². The summed E-state index contributed by atoms with van der Waals surface area (Å²) >= 11 is 1.64. The second-order valence-electron chi connectivity index (χ2n) is 5.02. The Kier molecular flexibility index (Phi) is 5.64. The maximum atomic E-state index is 12.3. The zero-order valence-corrected chi connectivity index (χ0v) is 13.3. The van der Waals surface area contributed by atoms with Crippen molar-refractivity contribution in [2.75, 3.05) is 46.0 Å². The number of carbonyl (C=O) groups is 2. The summed E-state index contributed by atoms with van der Waals surface area (Å²) in [6, 6.07) is 7.45. The molecule has 114 valence electrons. The molecule has 1 heterocycles. The quantitative estimate of drug-likeness (QED) is 0.840. The van der Waals surface area contributed by atoms with Crippen molar-refractivity contribution in [1.82, 2.24) is 15.1 Å². The first-order valence-corrected chi connectivity index (χ1v) is 8.22. The van der Waals surface area contributed by atoms with Gasteiger partial charge in [-0.15, -0.1) is 11.8 Å². The molecule has 0 saturated carbocycles. The summed E-state index contributed by atoms with van der Waals surface area (Å²) < 4.78 is 0. The van der Waals surface area contributed by atoms with E-state index in [2.05, 4.69) is 5.32 Å². The van der Waals surface area contributed by atoms with E-state index in [1.807, 2.05) is 18.4 Å². The van der Waals surface area contributed by atoms with Crippen LogP contribution in [-0.2, 0) is 4.79 Å². The molecule has 1 fully saturated rings. The summed E-state index contributed by atoms with van der Waals surface area (Å²) in [6.07, 6.45) is 2.00. The Bertz CT molecular complexity index is 498. The van der Waals surface area contributed by atoms with Gasteiger partial charge in [0.25, 0.3) is 5.91 Å². The van der Waals surface area contributed by atoms with Gasteiger partial charge in [0.2, 0.25) is 5.91 Å². The van der Waals surface area contributed by atoms with Gasteiger partial charge in [0.15, 0.2) is 0 Å². The van der Waals surface area contributed by atoms with Gasteiger partial charge in [-0.2, -0.15) is 0 Å². The van der Waals surface area contributed by atoms with E-state index in [-0.39, 0.29) is 18.4 Å². The van der Waals surface area contributed by atoms with Crippen LogP contribution in [0.15, 0.2) is 29.2 Å². The lowest BCUT2D eigenvalue weighted by molar-refractivity contribution is -0.132. The molecule has 2 amide bonds. The molecular formula is C15H21N3O2S. The van der Waals surface area contributed by atoms with Gasteiger partial charge in [0.1, 0.15) is 0 Å². The maximum Gasteiger partial charge on any atom is 0.254 e. The fourth-order valence-electron chi connectivity index (χ4n) is 2.24. The number of rotatable bonds is 4. The molecule has 1 aromatic carbocycles. The summed E-state index contributed by atoms with van der Waals surface area (Å²) in [4.78, 5) is 28.8. The lowest BCUT2D eigenvalue weighted by Crippen LogP contribution is -2.49. The average molecular weight is 307 g/mol. The summed E-state index contributed by atoms with van der Waals surface area (Å²) in [5.41, 5.74) is 0.614. The van der Waals surface area contributed by atoms with E-state index in [9.17, 15) is 9.59 Å². The number of likely N-dealkylation sites (N-methyl/N-ethyl adjacent to an activating group) is 1. The van der Waals surface area contributed by atoms with E-state index in [1.165, 1.54) is 4.90 Å². The van der Waals surface area contributed by atoms with Crippen molar-refractivity contribution >= 4 is 23.6 Å². The van der Waals surface area contributed by atoms with Crippen molar-refractivity contribution in [2.24, 2.45) is 0 Å². The summed E-state index contributed by atoms with van der Waals surface area (Å²) in [7, 11) is 1.67. The topological polar surface area (TPSA) is 52.7 Å². The number of benzene rings is 1. The van der Waals surface area contributed by atoms with Crippen LogP contribution in [-0.4, -0.2) is 67.6 Å². The molecule has 1 aliphatic rings. The predicted octanol–water partition coefficient (Wildman–Crippen LogP) is 0.912. The summed E-state index contributed by atoms with van der Waals surface area (Å²) in [5.74, 6) is -0.112. The minimum atomic E-state index is -0.119. The second kappa shape index (κ2) is 7.47. The molecule has 21 heavy (non-hydrogen) atoms. The van der Waals surface area contributed by atoms with Crippen LogP contribution < -0.4 is 5.32 Å². The van der Waals surface area contributed by atoms with Crippen LogP contribution in [0.4, 0.5) is 0 Å². The highest BCUT2D eigenvalue weighted by Gasteiger charge is 2.20. The molecule has 1 saturated heterocycles. The van der Waals surface area contributed by atoms with Crippen molar-refractivity contribution < 1.29 is 9.59 Å². The van der Waals surface area contributed by atoms with Gasteiger partial charge in [-0.25, -0.2) is 0 Å². The third-order valence-corrected chi connectivity index (χ3v) is 4.27. The molecule has 0 radical (unpaired) electrons. The molecule has 0 aromatic heterocycles. The minimum Gasteiger partial charge on any atom is -0.339 e. The molecule has 0 unspecified atom stereocenters. The molecular weight excluding hydrogens is 286 g/mol. The largest absolute Gasteiger partial charge is 0.339 e. The van der Waals surface area contributed by atoms with E-state index in [1.54, 1.807) is 35.8 Å². The number of piperazine rings is 1. The lowest BCUT2D eigenvalue weighted by Gasteiger charge is -2.29. The molecule has 1 aromatic rings. The van der Waals surface area contributed by atoms with Gasteiger partial charge in [0, 0.05) is 43.7 Å². The Balaban J connectivity index is 1.93. The van der Waals surface area contributed by atoms with Gasteiger partial charge in [-0.3, -0.25) is 9.59 Å². The molecule has 2 rings (SSSR count). The van der Waals surface area contributed by atoms with Crippen LogP contribution in [0.25, 0.3) is 0 Å². The average Bonchev–Trinajstić information content (AvgIpc) is 2.55. The van der Waals surface area contributed by atoms with Crippen molar-refractivity contribution in [3.05, 3.63) is 29.8 Å². The van der Waals surface area contributed by atoms with Crippen molar-refractivity contribution in [2.45, 2.75) is 4.90 Å². The zero-order valence-electron chi connectivity index (χ0n) is 12.5. The van der Waals surface area contributed by atoms with Gasteiger partial charge in [-0.1, -0.05) is 0 Å². The first-order chi connectivity index (χ1) is 10.1. The highest BCUT2D eigenvalue weighted by atomic mass is 32.2. The standard InChI is InChI=1S/C15H21N3O2S/c1-17(11-14(19)18-9-7-16-8-10-18)15(20)12-3-5-13(21-2)6-4-12/h3-6,16H,7-11H2,1-2H3. The molecule has 0 aliphatic carbocycles. The van der Waals surface area contributed by atoms with E-state index < -0.39 is 0 Å². The van der Waals surface area contributed by atoms with Gasteiger partial charge in [0.05, 0.1) is 6.54 Å². The van der Waals surface area contributed by atoms with E-state index in [0.717, 1.165) is 18.0 Å². The smallest absolute Gasteiger partial charge is 0.254 e. The Morgan fingerprint density at radius 2 is 1.86 bits per heavy atom. The zero-order chi connectivity index (χ0) is 15.2. The monoisotopic (exact) mass is 307 g/mol. The van der Waals surface area contributed by atoms with E-state index in [0.29, 0.717) is 18.7 Å². The first kappa shape index (κ1) is 15.9. The normalized spacial score (nSPS) is 14.9. The molecule has 1 aliphatic heterocycles. The second-order valence-corrected chi connectivity index (χ2v) is 5.90. The summed E-state index contributed by atoms with van der Waals surface area (Å²) in [5, 5.41) is 3.21. The molecule has 0 bridgehead atoms. The maximum absolute atomic E-state index is 12.3. The highest BCUT2D eigenvalue weighted by Crippen LogP contribution is 2.15. The van der Waals surface area contributed by atoms with Crippen LogP contribution in [0, 0.1) is 0 Å². The van der Waals surface area contributed by atoms with Gasteiger partial charge >= 0.3 is 0 Å². The number of amides is 2. The Labute approximate surface area is 129 Å². The number of nitrogens with one attached hydrogen (secondary N) is 1. The Morgan fingerprint density at radius 3 is 2.43 bits per heavy atom. The fourth-order valence-corrected chi connectivity index (χ4v) is 2.65. The van der Waals surface area contributed by atoms with Crippen LogP contribution in [0.3, 0.4) is 0 Å². The SMILES string of the molecule is CSc1ccc(C(=O)N(C)CC(=O)N2CCNCC2)cc1. The summed E-state index contributed by atoms with van der Waals surface area (Å²) in [6.45, 7) is 3.19. The van der Waals surface area contributed by atoms with Crippen molar-refractivity contribution in [3.8, 4) is 0 Å². The number of carbonyl (C=O) groups excluding carboxylic acids is 2. The molecule has 0 spiro atoms. The number of hydrogen-bond donors (Lipinski definition) is 1. The van der Waals surface area contributed by atoms with Crippen LogP contribution >= 0.6 is 11.8 Å². The van der Waals surface area contributed by atoms with E-state index in [4.69, 9.17) is 0 Å². The molecule has 1 N–H and O–H groups in total. The fraction of sp³-hybridized carbons (Fsp3) is 0.467. The van der Waals surface area contributed by atoms with Crippen LogP contribution in [0.1, 0.15) is 10.4 Å². The first-order valence-electron chi connectivity index (χ1n) is 7.00. The number of hydrogen-bond acceptors (Lipinski definition) is 4. The van der Waals surface area contributed by atoms with Crippen molar-refractivity contribution in [1.29, 1.82) is 0 Å². The molecule has 6 heteroatoms. The van der Waals surface area contributed by atoms with Gasteiger partial charge in [-0.05, 0) is 30.5 Å². The number of thioether (sulfide) groups is 1. The van der Waals surface area contributed by atoms with Gasteiger partial charge < -0.3 is 15.1 Å². The number of nitrogens with zero attached hydrogens (tertiary/aromatic N) is 2. The third-order valence-electron chi connectivity index (χ3n) is 3.53. The Hall–Kier alpha value is -1.53. The van der Waals surface area contributed by atoms with Crippen molar-refractivity contribution in [3.63, 3.8) is 0 Å².